The number of aromatic nitrogens is 3. The summed E-state index contributed by atoms with van der Waals surface area (Å²) in [6.45, 7) is 7.08. The molecule has 152 valence electrons. The van der Waals surface area contributed by atoms with Crippen LogP contribution < -0.4 is 10.9 Å². The van der Waals surface area contributed by atoms with E-state index < -0.39 is 11.9 Å². The lowest BCUT2D eigenvalue weighted by Crippen LogP contribution is -2.23. The molecule has 0 radical (unpaired) electrons. The molecule has 8 heteroatoms. The number of nitrogens with one attached hydrogen (secondary N) is 2. The number of benzene rings is 1. The molecule has 0 saturated heterocycles. The molecule has 0 saturated carbocycles. The highest BCUT2D eigenvalue weighted by Gasteiger charge is 2.25. The summed E-state index contributed by atoms with van der Waals surface area (Å²) >= 11 is 0. The van der Waals surface area contributed by atoms with Crippen LogP contribution in [0.2, 0.25) is 0 Å². The molecule has 0 atom stereocenters. The van der Waals surface area contributed by atoms with Crippen molar-refractivity contribution in [2.45, 2.75) is 27.7 Å². The van der Waals surface area contributed by atoms with Crippen molar-refractivity contribution in [1.82, 2.24) is 14.3 Å². The summed E-state index contributed by atoms with van der Waals surface area (Å²) in [5.74, 6) is -0.979. The molecule has 0 aliphatic heterocycles. The Labute approximate surface area is 168 Å². The van der Waals surface area contributed by atoms with Gasteiger partial charge in [0.1, 0.15) is 11.4 Å². The van der Waals surface area contributed by atoms with E-state index in [1.54, 1.807) is 39.4 Å². The Morgan fingerprint density at radius 2 is 1.79 bits per heavy atom. The lowest BCUT2D eigenvalue weighted by atomic mass is 10.1. The number of carbonyl (C=O) groups excluding carboxylic acids is 2. The minimum absolute atomic E-state index is 0.194. The van der Waals surface area contributed by atoms with E-state index in [0.29, 0.717) is 28.2 Å². The zero-order chi connectivity index (χ0) is 21.3. The van der Waals surface area contributed by atoms with Crippen molar-refractivity contribution in [1.29, 1.82) is 0 Å². The molecule has 3 rings (SSSR count). The summed E-state index contributed by atoms with van der Waals surface area (Å²) in [6, 6.07) is 9.18. The molecule has 0 unspecified atom stereocenters. The second kappa shape index (κ2) is 7.83. The number of esters is 1. The van der Waals surface area contributed by atoms with Gasteiger partial charge in [-0.15, -0.1) is 0 Å². The maximum atomic E-state index is 13.0. The van der Waals surface area contributed by atoms with Gasteiger partial charge in [0.15, 0.2) is 0 Å². The van der Waals surface area contributed by atoms with Crippen LogP contribution in [0, 0.1) is 20.8 Å². The summed E-state index contributed by atoms with van der Waals surface area (Å²) in [4.78, 5) is 41.0. The first kappa shape index (κ1) is 20.2. The van der Waals surface area contributed by atoms with Crippen LogP contribution >= 0.6 is 0 Å². The van der Waals surface area contributed by atoms with Gasteiger partial charge in [0, 0.05) is 12.7 Å². The van der Waals surface area contributed by atoms with Crippen LogP contribution in [0.3, 0.4) is 0 Å². The second-order valence-corrected chi connectivity index (χ2v) is 6.74. The molecular weight excluding hydrogens is 372 g/mol. The molecule has 0 aliphatic carbocycles. The van der Waals surface area contributed by atoms with Gasteiger partial charge in [0.2, 0.25) is 0 Å². The largest absolute Gasteiger partial charge is 0.461 e. The number of nitrogens with zero attached hydrogens (tertiary/aromatic N) is 2. The number of hydrogen-bond donors (Lipinski definition) is 2. The molecular formula is C21H24N4O4. The molecule has 8 nitrogen and oxygen atoms in total. The number of rotatable bonds is 5. The van der Waals surface area contributed by atoms with Crippen molar-refractivity contribution in [3.63, 3.8) is 0 Å². The minimum Gasteiger partial charge on any atom is -0.461 e. The van der Waals surface area contributed by atoms with Crippen LogP contribution in [-0.2, 0) is 11.8 Å². The molecule has 2 heterocycles. The van der Waals surface area contributed by atoms with Crippen molar-refractivity contribution >= 4 is 17.6 Å². The van der Waals surface area contributed by atoms with Crippen molar-refractivity contribution in [3.8, 4) is 5.69 Å². The Morgan fingerprint density at radius 1 is 1.14 bits per heavy atom. The van der Waals surface area contributed by atoms with Gasteiger partial charge in [-0.1, -0.05) is 18.2 Å². The number of aromatic amines is 1. The van der Waals surface area contributed by atoms with Crippen molar-refractivity contribution < 1.29 is 14.3 Å². The van der Waals surface area contributed by atoms with E-state index in [2.05, 4.69) is 10.3 Å². The zero-order valence-corrected chi connectivity index (χ0v) is 17.1. The summed E-state index contributed by atoms with van der Waals surface area (Å²) in [5.41, 5.74) is 2.74. The first-order valence-corrected chi connectivity index (χ1v) is 9.29. The molecule has 2 aromatic heterocycles. The molecule has 0 bridgehead atoms. The monoisotopic (exact) mass is 396 g/mol. The maximum Gasteiger partial charge on any atom is 0.355 e. The van der Waals surface area contributed by atoms with Crippen molar-refractivity contribution in [2.75, 3.05) is 11.9 Å². The van der Waals surface area contributed by atoms with E-state index in [9.17, 15) is 14.4 Å². The Morgan fingerprint density at radius 3 is 2.41 bits per heavy atom. The number of anilines is 1. The van der Waals surface area contributed by atoms with Crippen molar-refractivity contribution in [2.24, 2.45) is 7.05 Å². The van der Waals surface area contributed by atoms with E-state index in [0.717, 1.165) is 0 Å². The van der Waals surface area contributed by atoms with Gasteiger partial charge in [-0.3, -0.25) is 14.3 Å². The average Bonchev–Trinajstić information content (AvgIpc) is 3.10. The van der Waals surface area contributed by atoms with E-state index in [1.165, 1.54) is 4.68 Å². The van der Waals surface area contributed by atoms with E-state index >= 15 is 0 Å². The molecule has 3 aromatic rings. The third-order valence-corrected chi connectivity index (χ3v) is 4.94. The van der Waals surface area contributed by atoms with Crippen LogP contribution in [0.15, 0.2) is 35.1 Å². The standard InChI is InChI=1S/C21H24N4O4/c1-6-29-21(28)17-12(2)16(13(3)22-17)19(26)23-18-14(4)24(5)25(20(18)27)15-10-8-7-9-11-15/h7-11,22H,6H2,1-5H3,(H,23,26). The van der Waals surface area contributed by atoms with E-state index in [1.807, 2.05) is 30.3 Å². The highest BCUT2D eigenvalue weighted by atomic mass is 16.5. The molecule has 1 amide bonds. The van der Waals surface area contributed by atoms with Gasteiger partial charge in [0.25, 0.3) is 11.5 Å². The molecule has 2 N–H and O–H groups in total. The molecule has 29 heavy (non-hydrogen) atoms. The summed E-state index contributed by atoms with van der Waals surface area (Å²) in [6.07, 6.45) is 0. The smallest absolute Gasteiger partial charge is 0.355 e. The molecule has 0 spiro atoms. The number of aryl methyl sites for hydroxylation is 1. The average molecular weight is 396 g/mol. The van der Waals surface area contributed by atoms with Crippen LogP contribution in [0.4, 0.5) is 5.69 Å². The van der Waals surface area contributed by atoms with Crippen LogP contribution in [-0.4, -0.2) is 32.8 Å². The fraction of sp³-hybridized carbons (Fsp3) is 0.286. The normalized spacial score (nSPS) is 10.8. The lowest BCUT2D eigenvalue weighted by molar-refractivity contribution is 0.0519. The topological polar surface area (TPSA) is 98.1 Å². The first-order chi connectivity index (χ1) is 13.8. The van der Waals surface area contributed by atoms with Crippen molar-refractivity contribution in [3.05, 3.63) is 68.9 Å². The number of H-pyrrole nitrogens is 1. The van der Waals surface area contributed by atoms with Gasteiger partial charge in [-0.2, -0.15) is 0 Å². The summed E-state index contributed by atoms with van der Waals surface area (Å²) in [5, 5.41) is 2.73. The Bertz CT molecular complexity index is 1140. The number of carbonyl (C=O) groups is 2. The van der Waals surface area contributed by atoms with E-state index in [4.69, 9.17) is 4.74 Å². The Hall–Kier alpha value is -3.55. The third-order valence-electron chi connectivity index (χ3n) is 4.94. The predicted molar refractivity (Wildman–Crippen MR) is 110 cm³/mol. The van der Waals surface area contributed by atoms with Gasteiger partial charge in [0.05, 0.1) is 23.6 Å². The summed E-state index contributed by atoms with van der Waals surface area (Å²) in [7, 11) is 1.76. The highest BCUT2D eigenvalue weighted by Crippen LogP contribution is 2.21. The lowest BCUT2D eigenvalue weighted by Gasteiger charge is -2.07. The first-order valence-electron chi connectivity index (χ1n) is 9.29. The Balaban J connectivity index is 1.99. The molecule has 0 fully saturated rings. The fourth-order valence-corrected chi connectivity index (χ4v) is 3.39. The van der Waals surface area contributed by atoms with Crippen LogP contribution in [0.25, 0.3) is 5.69 Å². The third kappa shape index (κ3) is 3.49. The van der Waals surface area contributed by atoms with E-state index in [-0.39, 0.29) is 23.5 Å². The zero-order valence-electron chi connectivity index (χ0n) is 17.1. The quantitative estimate of drug-likeness (QED) is 0.648. The van der Waals surface area contributed by atoms with Gasteiger partial charge in [-0.25, -0.2) is 9.48 Å². The van der Waals surface area contributed by atoms with Crippen LogP contribution in [0.1, 0.15) is 44.7 Å². The summed E-state index contributed by atoms with van der Waals surface area (Å²) < 4.78 is 8.20. The predicted octanol–water partition coefficient (Wildman–Crippen LogP) is 2.86. The van der Waals surface area contributed by atoms with Gasteiger partial charge < -0.3 is 15.0 Å². The Kier molecular flexibility index (Phi) is 5.45. The minimum atomic E-state index is -0.519. The number of amides is 1. The molecule has 0 aliphatic rings. The van der Waals surface area contributed by atoms with Gasteiger partial charge in [-0.05, 0) is 45.4 Å². The SMILES string of the molecule is CCOC(=O)c1[nH]c(C)c(C(=O)Nc2c(C)n(C)n(-c3ccccc3)c2=O)c1C. The fourth-order valence-electron chi connectivity index (χ4n) is 3.39. The highest BCUT2D eigenvalue weighted by molar-refractivity contribution is 6.08. The number of ether oxygens (including phenoxy) is 1. The van der Waals surface area contributed by atoms with Gasteiger partial charge >= 0.3 is 5.97 Å². The number of hydrogen-bond acceptors (Lipinski definition) is 4. The van der Waals surface area contributed by atoms with Crippen LogP contribution in [0.5, 0.6) is 0 Å². The maximum absolute atomic E-state index is 13.0. The number of para-hydroxylation sites is 1. The second-order valence-electron chi connectivity index (χ2n) is 6.74. The molecule has 1 aromatic carbocycles.